The van der Waals surface area contributed by atoms with Gasteiger partial charge in [0.2, 0.25) is 0 Å². The van der Waals surface area contributed by atoms with Gasteiger partial charge in [0.05, 0.1) is 10.6 Å². The van der Waals surface area contributed by atoms with E-state index in [-0.39, 0.29) is 18.1 Å². The van der Waals surface area contributed by atoms with Crippen LogP contribution in [0, 0.1) is 6.92 Å². The molecule has 0 N–H and O–H groups in total. The predicted octanol–water partition coefficient (Wildman–Crippen LogP) is 1.53. The number of halogens is 1. The van der Waals surface area contributed by atoms with Gasteiger partial charge in [-0.15, -0.1) is 0 Å². The Bertz CT molecular complexity index is 469. The van der Waals surface area contributed by atoms with Crippen molar-refractivity contribution in [3.05, 3.63) is 28.5 Å². The quantitative estimate of drug-likeness (QED) is 0.845. The fourth-order valence-electron chi connectivity index (χ4n) is 2.22. The topological polar surface area (TPSA) is 51.7 Å². The predicted molar refractivity (Wildman–Crippen MR) is 71.5 cm³/mol. The number of rotatable bonds is 3. The van der Waals surface area contributed by atoms with E-state index in [4.69, 9.17) is 21.1 Å². The smallest absolute Gasteiger partial charge is 0.257 e. The van der Waals surface area contributed by atoms with Crippen LogP contribution in [0.15, 0.2) is 12.3 Å². The van der Waals surface area contributed by atoms with Gasteiger partial charge in [0.25, 0.3) is 5.91 Å². The minimum absolute atomic E-state index is 0.105. The number of hydrogen-bond acceptors (Lipinski definition) is 4. The van der Waals surface area contributed by atoms with Crippen molar-refractivity contribution < 1.29 is 14.3 Å². The Morgan fingerprint density at radius 1 is 1.37 bits per heavy atom. The molecule has 1 aromatic rings. The summed E-state index contributed by atoms with van der Waals surface area (Å²) >= 11 is 6.09. The second kappa shape index (κ2) is 5.86. The molecule has 2 unspecified atom stereocenters. The summed E-state index contributed by atoms with van der Waals surface area (Å²) in [6.45, 7) is 2.83. The van der Waals surface area contributed by atoms with Gasteiger partial charge in [-0.1, -0.05) is 11.6 Å². The van der Waals surface area contributed by atoms with Gasteiger partial charge < -0.3 is 14.4 Å². The molecule has 1 aromatic heterocycles. The lowest BCUT2D eigenvalue weighted by atomic mass is 10.2. The molecule has 0 spiro atoms. The van der Waals surface area contributed by atoms with Gasteiger partial charge in [0.15, 0.2) is 0 Å². The summed E-state index contributed by atoms with van der Waals surface area (Å²) in [6, 6.07) is 1.69. The third kappa shape index (κ3) is 2.88. The first-order chi connectivity index (χ1) is 9.06. The number of aryl methyl sites for hydroxylation is 1. The zero-order valence-corrected chi connectivity index (χ0v) is 12.0. The Morgan fingerprint density at radius 3 is 2.42 bits per heavy atom. The molecular weight excluding hydrogens is 268 g/mol. The number of carbonyl (C=O) groups excluding carboxylic acids is 1. The number of carbonyl (C=O) groups is 1. The Labute approximate surface area is 117 Å². The summed E-state index contributed by atoms with van der Waals surface area (Å²) in [7, 11) is 3.23. The minimum Gasteiger partial charge on any atom is -0.377 e. The monoisotopic (exact) mass is 284 g/mol. The molecule has 1 amide bonds. The number of methoxy groups -OCH3 is 2. The van der Waals surface area contributed by atoms with Crippen LogP contribution in [0.4, 0.5) is 0 Å². The molecule has 0 bridgehead atoms. The lowest BCUT2D eigenvalue weighted by molar-refractivity contribution is -0.00461. The molecule has 19 heavy (non-hydrogen) atoms. The van der Waals surface area contributed by atoms with Gasteiger partial charge >= 0.3 is 0 Å². The Balaban J connectivity index is 2.17. The van der Waals surface area contributed by atoms with Crippen LogP contribution in [-0.2, 0) is 9.47 Å². The number of hydrogen-bond donors (Lipinski definition) is 0. The molecular formula is C13H17ClN2O3. The second-order valence-electron chi connectivity index (χ2n) is 4.56. The van der Waals surface area contributed by atoms with Crippen LogP contribution in [0.25, 0.3) is 0 Å². The first-order valence-electron chi connectivity index (χ1n) is 6.03. The van der Waals surface area contributed by atoms with Gasteiger partial charge in [-0.3, -0.25) is 9.78 Å². The zero-order chi connectivity index (χ0) is 14.0. The van der Waals surface area contributed by atoms with Crippen LogP contribution >= 0.6 is 11.6 Å². The Hall–Kier alpha value is -1.17. The molecule has 0 radical (unpaired) electrons. The molecule has 1 saturated heterocycles. The molecule has 6 heteroatoms. The van der Waals surface area contributed by atoms with E-state index >= 15 is 0 Å². The van der Waals surface area contributed by atoms with Gasteiger partial charge in [-0.2, -0.15) is 0 Å². The van der Waals surface area contributed by atoms with Crippen LogP contribution in [-0.4, -0.2) is 55.3 Å². The highest BCUT2D eigenvalue weighted by Gasteiger charge is 2.36. The number of amides is 1. The van der Waals surface area contributed by atoms with Gasteiger partial charge in [0.1, 0.15) is 12.2 Å². The van der Waals surface area contributed by atoms with Gasteiger partial charge in [0, 0.05) is 39.2 Å². The van der Waals surface area contributed by atoms with E-state index in [9.17, 15) is 4.79 Å². The second-order valence-corrected chi connectivity index (χ2v) is 4.97. The van der Waals surface area contributed by atoms with Crippen molar-refractivity contribution in [1.29, 1.82) is 0 Å². The molecule has 2 heterocycles. The maximum Gasteiger partial charge on any atom is 0.257 e. The molecule has 0 aliphatic carbocycles. The van der Waals surface area contributed by atoms with E-state index in [1.807, 2.05) is 6.92 Å². The number of nitrogens with zero attached hydrogens (tertiary/aromatic N) is 2. The summed E-state index contributed by atoms with van der Waals surface area (Å²) in [5.41, 5.74) is 1.20. The first kappa shape index (κ1) is 14.2. The third-order valence-electron chi connectivity index (χ3n) is 3.33. The van der Waals surface area contributed by atoms with E-state index in [1.165, 1.54) is 6.20 Å². The van der Waals surface area contributed by atoms with Crippen molar-refractivity contribution in [2.75, 3.05) is 27.3 Å². The van der Waals surface area contributed by atoms with Crippen molar-refractivity contribution in [2.45, 2.75) is 19.1 Å². The molecule has 0 aromatic carbocycles. The maximum atomic E-state index is 12.4. The van der Waals surface area contributed by atoms with E-state index < -0.39 is 0 Å². The van der Waals surface area contributed by atoms with Crippen LogP contribution in [0.1, 0.15) is 16.1 Å². The van der Waals surface area contributed by atoms with Gasteiger partial charge in [-0.25, -0.2) is 0 Å². The average molecular weight is 285 g/mol. The molecule has 2 rings (SSSR count). The number of likely N-dealkylation sites (tertiary alicyclic amines) is 1. The summed E-state index contributed by atoms with van der Waals surface area (Å²) in [5.74, 6) is -0.140. The highest BCUT2D eigenvalue weighted by molar-refractivity contribution is 6.33. The van der Waals surface area contributed by atoms with Crippen LogP contribution in [0.2, 0.25) is 5.02 Å². The van der Waals surface area contributed by atoms with Crippen molar-refractivity contribution in [3.8, 4) is 0 Å². The van der Waals surface area contributed by atoms with Crippen molar-refractivity contribution >= 4 is 17.5 Å². The summed E-state index contributed by atoms with van der Waals surface area (Å²) in [6.07, 6.45) is 1.30. The van der Waals surface area contributed by atoms with Crippen LogP contribution in [0.3, 0.4) is 0 Å². The summed E-state index contributed by atoms with van der Waals surface area (Å²) < 4.78 is 10.6. The lowest BCUT2D eigenvalue weighted by Crippen LogP contribution is -2.30. The van der Waals surface area contributed by atoms with Gasteiger partial charge in [-0.05, 0) is 13.0 Å². The average Bonchev–Trinajstić information content (AvgIpc) is 2.81. The Morgan fingerprint density at radius 2 is 1.95 bits per heavy atom. The molecule has 1 aliphatic rings. The fourth-order valence-corrected chi connectivity index (χ4v) is 2.50. The number of ether oxygens (including phenoxy) is 2. The zero-order valence-electron chi connectivity index (χ0n) is 11.2. The summed E-state index contributed by atoms with van der Waals surface area (Å²) in [5, 5.41) is 0.423. The largest absolute Gasteiger partial charge is 0.377 e. The van der Waals surface area contributed by atoms with Crippen LogP contribution in [0.5, 0.6) is 0 Å². The highest BCUT2D eigenvalue weighted by atomic mass is 35.5. The number of pyridine rings is 1. The normalized spacial score (nSPS) is 22.8. The minimum atomic E-state index is -0.140. The molecule has 5 nitrogen and oxygen atoms in total. The van der Waals surface area contributed by atoms with Crippen molar-refractivity contribution in [2.24, 2.45) is 0 Å². The fraction of sp³-hybridized carbons (Fsp3) is 0.538. The van der Waals surface area contributed by atoms with Crippen LogP contribution < -0.4 is 0 Å². The van der Waals surface area contributed by atoms with E-state index in [1.54, 1.807) is 25.2 Å². The lowest BCUT2D eigenvalue weighted by Gasteiger charge is -2.16. The molecule has 104 valence electrons. The van der Waals surface area contributed by atoms with E-state index in [0.29, 0.717) is 23.7 Å². The molecule has 0 saturated carbocycles. The molecule has 2 atom stereocenters. The molecule has 1 fully saturated rings. The number of aromatic nitrogens is 1. The van der Waals surface area contributed by atoms with Crippen molar-refractivity contribution in [3.63, 3.8) is 0 Å². The first-order valence-corrected chi connectivity index (χ1v) is 6.41. The van der Waals surface area contributed by atoms with E-state index in [2.05, 4.69) is 4.98 Å². The summed E-state index contributed by atoms with van der Waals surface area (Å²) in [4.78, 5) is 18.2. The molecule has 1 aliphatic heterocycles. The maximum absolute atomic E-state index is 12.4. The van der Waals surface area contributed by atoms with E-state index in [0.717, 1.165) is 5.69 Å². The SMILES string of the molecule is COC1CN(C(=O)c2cnc(C)cc2Cl)CC1OC. The highest BCUT2D eigenvalue weighted by Crippen LogP contribution is 2.22. The van der Waals surface area contributed by atoms with Crippen molar-refractivity contribution in [1.82, 2.24) is 9.88 Å². The Kier molecular flexibility index (Phi) is 4.39. The third-order valence-corrected chi connectivity index (χ3v) is 3.64. The standard InChI is InChI=1S/C13H17ClN2O3/c1-8-4-10(14)9(5-15-8)13(17)16-6-11(18-2)12(7-16)19-3/h4-5,11-12H,6-7H2,1-3H3.